The number of rotatable bonds is 9. The van der Waals surface area contributed by atoms with Crippen LogP contribution in [0.15, 0.2) is 64.9 Å². The summed E-state index contributed by atoms with van der Waals surface area (Å²) in [6.45, 7) is 1.96. The van der Waals surface area contributed by atoms with Crippen molar-refractivity contribution in [3.05, 3.63) is 65.7 Å². The zero-order chi connectivity index (χ0) is 21.3. The van der Waals surface area contributed by atoms with Crippen molar-refractivity contribution in [3.8, 4) is 0 Å². The van der Waals surface area contributed by atoms with Crippen molar-refractivity contribution >= 4 is 35.5 Å². The normalized spacial score (nSPS) is 12.0. The van der Waals surface area contributed by atoms with Gasteiger partial charge in [0.1, 0.15) is 0 Å². The first-order valence-electron chi connectivity index (χ1n) is 9.47. The van der Waals surface area contributed by atoms with Gasteiger partial charge in [-0.05, 0) is 30.2 Å². The predicted octanol–water partition coefficient (Wildman–Crippen LogP) is 3.29. The molecule has 0 aliphatic carbocycles. The molecule has 3 rings (SSSR count). The van der Waals surface area contributed by atoms with Crippen molar-refractivity contribution in [2.24, 2.45) is 5.10 Å². The van der Waals surface area contributed by atoms with E-state index in [0.29, 0.717) is 11.1 Å². The van der Waals surface area contributed by atoms with E-state index in [1.54, 1.807) is 6.21 Å². The second-order valence-corrected chi connectivity index (χ2v) is 7.75. The molecule has 0 fully saturated rings. The number of anilines is 2. The molecule has 3 N–H and O–H groups in total. The van der Waals surface area contributed by atoms with Gasteiger partial charge in [0, 0.05) is 19.8 Å². The number of hydrogen-bond donors (Lipinski definition) is 3. The standard InChI is InChI=1S/C21H25N7OS/c1-15(17-7-5-4-6-8-17)23-19(29)14-30-21-24-20(26-27-21)25-22-13-16-9-11-18(12-10-16)28(2)3/h4-13,15H,14H2,1-3H3,(H,23,29)(H2,24,25,26,27)/b22-13-/t15-/m0/s1. The minimum absolute atomic E-state index is 0.0511. The van der Waals surface area contributed by atoms with Crippen molar-refractivity contribution in [1.82, 2.24) is 20.5 Å². The number of amides is 1. The molecule has 0 aliphatic heterocycles. The highest BCUT2D eigenvalue weighted by atomic mass is 32.2. The van der Waals surface area contributed by atoms with Gasteiger partial charge in [-0.25, -0.2) is 10.5 Å². The maximum Gasteiger partial charge on any atom is 0.240 e. The van der Waals surface area contributed by atoms with Crippen molar-refractivity contribution < 1.29 is 4.79 Å². The summed E-state index contributed by atoms with van der Waals surface area (Å²) in [7, 11) is 4.00. The van der Waals surface area contributed by atoms with Gasteiger partial charge >= 0.3 is 0 Å². The second kappa shape index (κ2) is 10.4. The van der Waals surface area contributed by atoms with Crippen LogP contribution in [0.4, 0.5) is 11.6 Å². The highest BCUT2D eigenvalue weighted by Gasteiger charge is 2.11. The van der Waals surface area contributed by atoms with Gasteiger partial charge in [-0.1, -0.05) is 54.2 Å². The van der Waals surface area contributed by atoms with Gasteiger partial charge < -0.3 is 10.2 Å². The third-order valence-corrected chi connectivity index (χ3v) is 5.12. The molecule has 0 saturated carbocycles. The molecular formula is C21H25N7OS. The first-order valence-corrected chi connectivity index (χ1v) is 10.5. The molecule has 0 unspecified atom stereocenters. The summed E-state index contributed by atoms with van der Waals surface area (Å²) in [5.74, 6) is 0.572. The lowest BCUT2D eigenvalue weighted by Gasteiger charge is -2.13. The van der Waals surface area contributed by atoms with Crippen LogP contribution in [0.3, 0.4) is 0 Å². The highest BCUT2D eigenvalue weighted by molar-refractivity contribution is 7.99. The van der Waals surface area contributed by atoms with Crippen molar-refractivity contribution in [2.45, 2.75) is 18.1 Å². The number of carbonyl (C=O) groups is 1. The molecule has 2 aromatic carbocycles. The molecule has 0 radical (unpaired) electrons. The van der Waals surface area contributed by atoms with Gasteiger partial charge in [-0.3, -0.25) is 4.79 Å². The third-order valence-electron chi connectivity index (χ3n) is 4.27. The molecule has 9 heteroatoms. The van der Waals surface area contributed by atoms with Gasteiger partial charge in [0.15, 0.2) is 0 Å². The summed E-state index contributed by atoms with van der Waals surface area (Å²) in [6.07, 6.45) is 1.70. The Morgan fingerprint density at radius 1 is 1.20 bits per heavy atom. The lowest BCUT2D eigenvalue weighted by atomic mass is 10.1. The van der Waals surface area contributed by atoms with E-state index in [1.165, 1.54) is 11.8 Å². The molecule has 8 nitrogen and oxygen atoms in total. The average Bonchev–Trinajstić information content (AvgIpc) is 3.21. The number of nitrogens with one attached hydrogen (secondary N) is 3. The SMILES string of the molecule is C[C@H](NC(=O)CSc1n[nH]c(N/N=C\c2ccc(N(C)C)cc2)n1)c1ccccc1. The summed E-state index contributed by atoms with van der Waals surface area (Å²) < 4.78 is 0. The number of nitrogens with zero attached hydrogens (tertiary/aromatic N) is 4. The lowest BCUT2D eigenvalue weighted by molar-refractivity contribution is -0.119. The fraction of sp³-hybridized carbons (Fsp3) is 0.238. The summed E-state index contributed by atoms with van der Waals surface area (Å²) in [5, 5.41) is 14.5. The number of aromatic nitrogens is 3. The van der Waals surface area contributed by atoms with Crippen LogP contribution in [0.25, 0.3) is 0 Å². The van der Waals surface area contributed by atoms with Gasteiger partial charge in [0.2, 0.25) is 17.0 Å². The largest absolute Gasteiger partial charge is 0.378 e. The Labute approximate surface area is 180 Å². The molecule has 3 aromatic rings. The molecule has 1 heterocycles. The molecule has 1 amide bonds. The van der Waals surface area contributed by atoms with E-state index in [0.717, 1.165) is 16.8 Å². The van der Waals surface area contributed by atoms with Gasteiger partial charge in [-0.15, -0.1) is 5.10 Å². The maximum atomic E-state index is 12.2. The quantitative estimate of drug-likeness (QED) is 0.278. The van der Waals surface area contributed by atoms with Crippen LogP contribution >= 0.6 is 11.8 Å². The number of hydrogen-bond acceptors (Lipinski definition) is 7. The molecule has 0 spiro atoms. The Hall–Kier alpha value is -3.33. The molecule has 1 aromatic heterocycles. The van der Waals surface area contributed by atoms with E-state index in [2.05, 4.69) is 31.0 Å². The zero-order valence-corrected chi connectivity index (χ0v) is 18.0. The highest BCUT2D eigenvalue weighted by Crippen LogP contribution is 2.16. The summed E-state index contributed by atoms with van der Waals surface area (Å²) >= 11 is 1.26. The minimum atomic E-state index is -0.0742. The summed E-state index contributed by atoms with van der Waals surface area (Å²) in [6, 6.07) is 17.8. The number of benzene rings is 2. The van der Waals surface area contributed by atoms with E-state index in [-0.39, 0.29) is 17.7 Å². The Morgan fingerprint density at radius 3 is 2.63 bits per heavy atom. The van der Waals surface area contributed by atoms with E-state index in [4.69, 9.17) is 0 Å². The minimum Gasteiger partial charge on any atom is -0.378 e. The lowest BCUT2D eigenvalue weighted by Crippen LogP contribution is -2.28. The van der Waals surface area contributed by atoms with Gasteiger partial charge in [-0.2, -0.15) is 10.1 Å². The number of hydrazone groups is 1. The summed E-state index contributed by atoms with van der Waals surface area (Å²) in [5.41, 5.74) is 5.96. The van der Waals surface area contributed by atoms with Gasteiger partial charge in [0.25, 0.3) is 0 Å². The van der Waals surface area contributed by atoms with Crippen molar-refractivity contribution in [3.63, 3.8) is 0 Å². The molecule has 1 atom stereocenters. The Bertz CT molecular complexity index is 971. The molecule has 156 valence electrons. The van der Waals surface area contributed by atoms with Crippen LogP contribution in [0, 0.1) is 0 Å². The van der Waals surface area contributed by atoms with E-state index >= 15 is 0 Å². The van der Waals surface area contributed by atoms with Crippen LogP contribution in [0.1, 0.15) is 24.1 Å². The first-order chi connectivity index (χ1) is 14.5. The van der Waals surface area contributed by atoms with Crippen LogP contribution in [0.5, 0.6) is 0 Å². The van der Waals surface area contributed by atoms with E-state index in [9.17, 15) is 4.79 Å². The number of thioether (sulfide) groups is 1. The average molecular weight is 424 g/mol. The van der Waals surface area contributed by atoms with Gasteiger partial charge in [0.05, 0.1) is 18.0 Å². The monoisotopic (exact) mass is 423 g/mol. The number of H-pyrrole nitrogens is 1. The molecular weight excluding hydrogens is 398 g/mol. The first kappa shape index (κ1) is 21.4. The Kier molecular flexibility index (Phi) is 7.45. The zero-order valence-electron chi connectivity index (χ0n) is 17.2. The Balaban J connectivity index is 1.44. The second-order valence-electron chi connectivity index (χ2n) is 6.81. The number of aromatic amines is 1. The molecule has 0 aliphatic rings. The van der Waals surface area contributed by atoms with Crippen LogP contribution < -0.4 is 15.6 Å². The van der Waals surface area contributed by atoms with E-state index < -0.39 is 0 Å². The fourth-order valence-corrected chi connectivity index (χ4v) is 3.24. The van der Waals surface area contributed by atoms with Crippen molar-refractivity contribution in [1.29, 1.82) is 0 Å². The molecule has 30 heavy (non-hydrogen) atoms. The fourth-order valence-electron chi connectivity index (χ4n) is 2.63. The molecule has 0 bridgehead atoms. The Morgan fingerprint density at radius 2 is 1.93 bits per heavy atom. The maximum absolute atomic E-state index is 12.2. The third kappa shape index (κ3) is 6.35. The smallest absolute Gasteiger partial charge is 0.240 e. The van der Waals surface area contributed by atoms with Crippen molar-refractivity contribution in [2.75, 3.05) is 30.2 Å². The number of carbonyl (C=O) groups excluding carboxylic acids is 1. The topological polar surface area (TPSA) is 98.3 Å². The van der Waals surface area contributed by atoms with Crippen LogP contribution in [-0.4, -0.2) is 47.2 Å². The van der Waals surface area contributed by atoms with Crippen LogP contribution in [-0.2, 0) is 4.79 Å². The van der Waals surface area contributed by atoms with E-state index in [1.807, 2.05) is 80.5 Å². The summed E-state index contributed by atoms with van der Waals surface area (Å²) in [4.78, 5) is 18.5. The van der Waals surface area contributed by atoms with Crippen LogP contribution in [0.2, 0.25) is 0 Å². The molecule has 0 saturated heterocycles. The predicted molar refractivity (Wildman–Crippen MR) is 122 cm³/mol.